The Morgan fingerprint density at radius 1 is 1.33 bits per heavy atom. The first-order valence-electron chi connectivity index (χ1n) is 9.07. The number of anilines is 2. The maximum absolute atomic E-state index is 12.9. The molecule has 2 saturated heterocycles. The molecular formula is C17H25ClN6O2S. The molecule has 10 heteroatoms. The molecule has 148 valence electrons. The number of halogens is 1. The SMILES string of the molecule is Cc1csc(-c2c(N[C@@H]3CCCNC3)nc(N3CCOCC3)[nH]c2=O)n1.Cl. The van der Waals surface area contributed by atoms with Gasteiger partial charge in [0, 0.05) is 36.8 Å². The fourth-order valence-electron chi connectivity index (χ4n) is 3.33. The molecule has 0 aliphatic carbocycles. The first kappa shape index (κ1) is 20.1. The third-order valence-corrected chi connectivity index (χ3v) is 5.67. The average Bonchev–Trinajstić information content (AvgIpc) is 3.09. The quantitative estimate of drug-likeness (QED) is 0.702. The third kappa shape index (κ3) is 4.60. The van der Waals surface area contributed by atoms with Crippen molar-refractivity contribution in [2.75, 3.05) is 49.6 Å². The number of morpholine rings is 1. The van der Waals surface area contributed by atoms with Crippen molar-refractivity contribution in [3.05, 3.63) is 21.4 Å². The van der Waals surface area contributed by atoms with Crippen molar-refractivity contribution < 1.29 is 4.74 Å². The highest BCUT2D eigenvalue weighted by Gasteiger charge is 2.23. The van der Waals surface area contributed by atoms with Crippen molar-refractivity contribution in [3.8, 4) is 10.6 Å². The molecule has 8 nitrogen and oxygen atoms in total. The van der Waals surface area contributed by atoms with Gasteiger partial charge in [-0.3, -0.25) is 9.78 Å². The molecule has 0 aromatic carbocycles. The number of H-pyrrole nitrogens is 1. The summed E-state index contributed by atoms with van der Waals surface area (Å²) in [6.45, 7) is 6.59. The summed E-state index contributed by atoms with van der Waals surface area (Å²) >= 11 is 1.47. The Kier molecular flexibility index (Phi) is 6.69. The van der Waals surface area contributed by atoms with Gasteiger partial charge in [0.15, 0.2) is 0 Å². The Balaban J connectivity index is 0.00000210. The van der Waals surface area contributed by atoms with E-state index in [1.165, 1.54) is 11.3 Å². The minimum atomic E-state index is -0.151. The number of nitrogens with zero attached hydrogens (tertiary/aromatic N) is 3. The lowest BCUT2D eigenvalue weighted by Crippen LogP contribution is -2.40. The molecule has 1 atom stereocenters. The minimum absolute atomic E-state index is 0. The van der Waals surface area contributed by atoms with Crippen LogP contribution in [0.25, 0.3) is 10.6 Å². The lowest BCUT2D eigenvalue weighted by molar-refractivity contribution is 0.122. The second-order valence-corrected chi connectivity index (χ2v) is 7.55. The highest BCUT2D eigenvalue weighted by molar-refractivity contribution is 7.13. The fraction of sp³-hybridized carbons (Fsp3) is 0.588. The molecule has 4 heterocycles. The normalized spacial score (nSPS) is 20.2. The Bertz CT molecular complexity index is 814. The maximum Gasteiger partial charge on any atom is 0.264 e. The number of aryl methyl sites for hydroxylation is 1. The van der Waals surface area contributed by atoms with Crippen LogP contribution in [-0.2, 0) is 4.74 Å². The maximum atomic E-state index is 12.9. The summed E-state index contributed by atoms with van der Waals surface area (Å²) in [6, 6.07) is 0.260. The second-order valence-electron chi connectivity index (χ2n) is 6.69. The van der Waals surface area contributed by atoms with E-state index in [4.69, 9.17) is 9.72 Å². The number of aromatic amines is 1. The van der Waals surface area contributed by atoms with Crippen molar-refractivity contribution in [2.45, 2.75) is 25.8 Å². The van der Waals surface area contributed by atoms with Gasteiger partial charge in [-0.1, -0.05) is 0 Å². The Morgan fingerprint density at radius 2 is 2.15 bits per heavy atom. The topological polar surface area (TPSA) is 95.2 Å². The van der Waals surface area contributed by atoms with Crippen LogP contribution in [0.2, 0.25) is 0 Å². The van der Waals surface area contributed by atoms with Gasteiger partial charge < -0.3 is 20.3 Å². The largest absolute Gasteiger partial charge is 0.378 e. The summed E-state index contributed by atoms with van der Waals surface area (Å²) in [7, 11) is 0. The predicted octanol–water partition coefficient (Wildman–Crippen LogP) is 1.62. The van der Waals surface area contributed by atoms with Crippen LogP contribution in [0.15, 0.2) is 10.2 Å². The van der Waals surface area contributed by atoms with Gasteiger partial charge >= 0.3 is 0 Å². The molecule has 2 fully saturated rings. The number of thiazole rings is 1. The molecule has 0 bridgehead atoms. The molecular weight excluding hydrogens is 388 g/mol. The number of hydrogen-bond donors (Lipinski definition) is 3. The molecule has 2 aliphatic rings. The highest BCUT2D eigenvalue weighted by Crippen LogP contribution is 2.28. The van der Waals surface area contributed by atoms with Gasteiger partial charge in [0.25, 0.3) is 5.56 Å². The average molecular weight is 413 g/mol. The summed E-state index contributed by atoms with van der Waals surface area (Å²) in [4.78, 5) is 27.2. The molecule has 3 N–H and O–H groups in total. The van der Waals surface area contributed by atoms with Crippen molar-refractivity contribution in [2.24, 2.45) is 0 Å². The van der Waals surface area contributed by atoms with Crippen molar-refractivity contribution >= 4 is 35.5 Å². The number of rotatable bonds is 4. The van der Waals surface area contributed by atoms with E-state index < -0.39 is 0 Å². The smallest absolute Gasteiger partial charge is 0.264 e. The lowest BCUT2D eigenvalue weighted by Gasteiger charge is -2.29. The molecule has 2 aromatic rings. The van der Waals surface area contributed by atoms with E-state index in [-0.39, 0.29) is 24.0 Å². The summed E-state index contributed by atoms with van der Waals surface area (Å²) in [6.07, 6.45) is 2.17. The van der Waals surface area contributed by atoms with Crippen molar-refractivity contribution in [3.63, 3.8) is 0 Å². The number of ether oxygens (including phenoxy) is 1. The zero-order chi connectivity index (χ0) is 17.9. The van der Waals surface area contributed by atoms with E-state index in [0.29, 0.717) is 35.6 Å². The molecule has 27 heavy (non-hydrogen) atoms. The van der Waals surface area contributed by atoms with Gasteiger partial charge in [0.05, 0.1) is 13.2 Å². The van der Waals surface area contributed by atoms with Gasteiger partial charge in [0.2, 0.25) is 5.95 Å². The van der Waals surface area contributed by atoms with Crippen LogP contribution in [-0.4, -0.2) is 60.4 Å². The summed E-state index contributed by atoms with van der Waals surface area (Å²) in [5.41, 5.74) is 1.29. The van der Waals surface area contributed by atoms with E-state index in [0.717, 1.165) is 44.7 Å². The zero-order valence-corrected chi connectivity index (χ0v) is 16.9. The molecule has 2 aromatic heterocycles. The molecule has 2 aliphatic heterocycles. The minimum Gasteiger partial charge on any atom is -0.378 e. The van der Waals surface area contributed by atoms with Gasteiger partial charge in [0.1, 0.15) is 16.4 Å². The van der Waals surface area contributed by atoms with Gasteiger partial charge in [-0.15, -0.1) is 23.7 Å². The monoisotopic (exact) mass is 412 g/mol. The first-order valence-corrected chi connectivity index (χ1v) is 9.95. The van der Waals surface area contributed by atoms with Gasteiger partial charge in [-0.05, 0) is 26.3 Å². The van der Waals surface area contributed by atoms with Gasteiger partial charge in [-0.25, -0.2) is 4.98 Å². The summed E-state index contributed by atoms with van der Waals surface area (Å²) < 4.78 is 5.41. The van der Waals surface area contributed by atoms with E-state index in [9.17, 15) is 4.79 Å². The zero-order valence-electron chi connectivity index (χ0n) is 15.3. The highest BCUT2D eigenvalue weighted by atomic mass is 35.5. The number of piperidine rings is 1. The molecule has 4 rings (SSSR count). The molecule has 0 unspecified atom stereocenters. The van der Waals surface area contributed by atoms with E-state index >= 15 is 0 Å². The van der Waals surface area contributed by atoms with Gasteiger partial charge in [-0.2, -0.15) is 4.98 Å². The second kappa shape index (κ2) is 9.01. The van der Waals surface area contributed by atoms with Crippen LogP contribution < -0.4 is 21.1 Å². The Labute approximate surface area is 168 Å². The lowest BCUT2D eigenvalue weighted by atomic mass is 10.1. The van der Waals surface area contributed by atoms with Crippen LogP contribution in [0.5, 0.6) is 0 Å². The van der Waals surface area contributed by atoms with Crippen molar-refractivity contribution in [1.29, 1.82) is 0 Å². The molecule has 0 saturated carbocycles. The van der Waals surface area contributed by atoms with E-state index in [1.54, 1.807) is 0 Å². The third-order valence-electron chi connectivity index (χ3n) is 4.69. The fourth-order valence-corrected chi connectivity index (χ4v) is 4.17. The predicted molar refractivity (Wildman–Crippen MR) is 110 cm³/mol. The molecule has 0 spiro atoms. The van der Waals surface area contributed by atoms with Crippen LogP contribution in [0.3, 0.4) is 0 Å². The molecule has 0 radical (unpaired) electrons. The van der Waals surface area contributed by atoms with Crippen LogP contribution in [0.4, 0.5) is 11.8 Å². The van der Waals surface area contributed by atoms with Crippen LogP contribution >= 0.6 is 23.7 Å². The van der Waals surface area contributed by atoms with Crippen molar-refractivity contribution in [1.82, 2.24) is 20.3 Å². The van der Waals surface area contributed by atoms with E-state index in [1.807, 2.05) is 12.3 Å². The number of nitrogens with one attached hydrogen (secondary N) is 3. The Morgan fingerprint density at radius 3 is 2.81 bits per heavy atom. The summed E-state index contributed by atoms with van der Waals surface area (Å²) in [5.74, 6) is 1.22. The molecule has 0 amide bonds. The van der Waals surface area contributed by atoms with Crippen LogP contribution in [0, 0.1) is 6.92 Å². The first-order chi connectivity index (χ1) is 12.7. The summed E-state index contributed by atoms with van der Waals surface area (Å²) in [5, 5.41) is 9.55. The van der Waals surface area contributed by atoms with Crippen LogP contribution in [0.1, 0.15) is 18.5 Å². The standard InChI is InChI=1S/C17H24N6O2S.ClH/c1-11-10-26-16(19-11)13-14(20-12-3-2-4-18-9-12)21-17(22-15(13)24)23-5-7-25-8-6-23;/h10,12,18H,2-9H2,1H3,(H2,20,21,22,24);1H/t12-;/m1./s1. The number of aromatic nitrogens is 3. The van der Waals surface area contributed by atoms with E-state index in [2.05, 4.69) is 25.5 Å². The number of hydrogen-bond acceptors (Lipinski definition) is 8. The Hall–Kier alpha value is -1.68.